The summed E-state index contributed by atoms with van der Waals surface area (Å²) in [6.07, 6.45) is 4.36. The number of hydrogen-bond donors (Lipinski definition) is 1. The summed E-state index contributed by atoms with van der Waals surface area (Å²) in [6.45, 7) is 22.2. The van der Waals surface area contributed by atoms with Gasteiger partial charge in [-0.25, -0.2) is 0 Å². The molecular weight excluding hydrogens is 344 g/mol. The lowest BCUT2D eigenvalue weighted by Crippen LogP contribution is -2.46. The van der Waals surface area contributed by atoms with Crippen molar-refractivity contribution in [2.45, 2.75) is 79.2 Å². The highest BCUT2D eigenvalue weighted by atomic mass is 15.4. The van der Waals surface area contributed by atoms with Crippen LogP contribution in [0.25, 0.3) is 0 Å². The topological polar surface area (TPSA) is 30.9 Å². The molecule has 3 rings (SSSR count). The van der Waals surface area contributed by atoms with E-state index in [9.17, 15) is 0 Å². The van der Waals surface area contributed by atoms with Crippen molar-refractivity contribution < 1.29 is 0 Å². The van der Waals surface area contributed by atoms with Crippen LogP contribution >= 0.6 is 0 Å². The highest BCUT2D eigenvalue weighted by Gasteiger charge is 2.34. The highest BCUT2D eigenvalue weighted by Crippen LogP contribution is 2.41. The van der Waals surface area contributed by atoms with Gasteiger partial charge in [-0.2, -0.15) is 0 Å². The van der Waals surface area contributed by atoms with Gasteiger partial charge >= 0.3 is 0 Å². The summed E-state index contributed by atoms with van der Waals surface area (Å²) in [7, 11) is 0. The molecule has 0 radical (unpaired) electrons. The summed E-state index contributed by atoms with van der Waals surface area (Å²) in [5.41, 5.74) is 4.48. The molecule has 0 aromatic heterocycles. The Morgan fingerprint density at radius 3 is 1.86 bits per heavy atom. The predicted octanol–water partition coefficient (Wildman–Crippen LogP) is 5.21. The van der Waals surface area contributed by atoms with E-state index in [2.05, 4.69) is 108 Å². The molecule has 4 nitrogen and oxygen atoms in total. The zero-order valence-electron chi connectivity index (χ0n) is 19.2. The van der Waals surface area contributed by atoms with Crippen molar-refractivity contribution in [1.29, 1.82) is 0 Å². The Bertz CT molecular complexity index is 752. The second-order valence-corrected chi connectivity index (χ2v) is 11.3. The lowest BCUT2D eigenvalue weighted by molar-refractivity contribution is 0.311. The molecule has 1 aromatic rings. The van der Waals surface area contributed by atoms with Gasteiger partial charge in [0.25, 0.3) is 0 Å². The Morgan fingerprint density at radius 1 is 0.857 bits per heavy atom. The molecule has 0 saturated heterocycles. The van der Waals surface area contributed by atoms with Gasteiger partial charge < -0.3 is 10.2 Å². The monoisotopic (exact) mass is 382 g/mol. The van der Waals surface area contributed by atoms with Crippen molar-refractivity contribution in [2.75, 3.05) is 18.1 Å². The van der Waals surface area contributed by atoms with Crippen molar-refractivity contribution in [2.24, 2.45) is 10.4 Å². The first-order valence-corrected chi connectivity index (χ1v) is 10.4. The van der Waals surface area contributed by atoms with Gasteiger partial charge in [0.15, 0.2) is 5.96 Å². The normalized spacial score (nSPS) is 20.6. The largest absolute Gasteiger partial charge is 0.351 e. The zero-order chi connectivity index (χ0) is 20.9. The van der Waals surface area contributed by atoms with Crippen molar-refractivity contribution in [1.82, 2.24) is 10.2 Å². The van der Waals surface area contributed by atoms with E-state index in [0.29, 0.717) is 6.04 Å². The SMILES string of the molecule is CC(C)(C)c1cccc(C(C)(C)C)c1N1C=CN(C2=NC[C@H](C(C)(C)C)N2)C1. The summed E-state index contributed by atoms with van der Waals surface area (Å²) in [5.74, 6) is 0.990. The summed E-state index contributed by atoms with van der Waals surface area (Å²) in [5, 5.41) is 3.63. The fraction of sp³-hybridized carbons (Fsp3) is 0.625. The number of benzene rings is 1. The number of anilines is 1. The van der Waals surface area contributed by atoms with Gasteiger partial charge in [0.05, 0.1) is 12.6 Å². The van der Waals surface area contributed by atoms with Crippen LogP contribution in [0.2, 0.25) is 0 Å². The molecule has 4 heteroatoms. The van der Waals surface area contributed by atoms with Gasteiger partial charge in [0.1, 0.15) is 6.67 Å². The second-order valence-electron chi connectivity index (χ2n) is 11.3. The number of para-hydroxylation sites is 1. The van der Waals surface area contributed by atoms with Crippen LogP contribution in [-0.4, -0.2) is 30.1 Å². The Balaban J connectivity index is 1.89. The number of hydrogen-bond acceptors (Lipinski definition) is 4. The lowest BCUT2D eigenvalue weighted by Gasteiger charge is -2.34. The minimum absolute atomic E-state index is 0.0817. The average molecular weight is 383 g/mol. The molecule has 2 aliphatic rings. The first-order chi connectivity index (χ1) is 12.8. The lowest BCUT2D eigenvalue weighted by atomic mass is 9.78. The summed E-state index contributed by atoms with van der Waals surface area (Å²) >= 11 is 0. The van der Waals surface area contributed by atoms with Crippen LogP contribution in [0.3, 0.4) is 0 Å². The summed E-state index contributed by atoms with van der Waals surface area (Å²) in [4.78, 5) is 9.41. The molecule has 1 aromatic carbocycles. The van der Waals surface area contributed by atoms with Crippen LogP contribution in [0.4, 0.5) is 5.69 Å². The number of guanidine groups is 1. The molecule has 0 amide bonds. The Kier molecular flexibility index (Phi) is 5.06. The first-order valence-electron chi connectivity index (χ1n) is 10.4. The molecule has 28 heavy (non-hydrogen) atoms. The van der Waals surface area contributed by atoms with E-state index >= 15 is 0 Å². The standard InChI is InChI=1S/C24H38N4/c1-22(2,3)17-11-10-12-18(23(4,5)6)20(17)27-13-14-28(16-27)21-25-15-19(26-21)24(7,8)9/h10-14,19H,15-16H2,1-9H3,(H,25,26)/t19-/m1/s1. The van der Waals surface area contributed by atoms with Gasteiger partial charge in [-0.1, -0.05) is 80.5 Å². The minimum atomic E-state index is 0.0817. The molecule has 0 spiro atoms. The van der Waals surface area contributed by atoms with E-state index in [1.165, 1.54) is 16.8 Å². The van der Waals surface area contributed by atoms with Crippen molar-refractivity contribution in [3.63, 3.8) is 0 Å². The van der Waals surface area contributed by atoms with E-state index in [0.717, 1.165) is 19.2 Å². The maximum Gasteiger partial charge on any atom is 0.199 e. The zero-order valence-corrected chi connectivity index (χ0v) is 19.2. The molecule has 0 unspecified atom stereocenters. The number of rotatable bonds is 1. The van der Waals surface area contributed by atoms with Gasteiger partial charge in [0.2, 0.25) is 0 Å². The Hall–Kier alpha value is -1.97. The summed E-state index contributed by atoms with van der Waals surface area (Å²) < 4.78 is 0. The maximum absolute atomic E-state index is 4.79. The number of nitrogens with one attached hydrogen (secondary N) is 1. The van der Waals surface area contributed by atoms with Crippen molar-refractivity contribution in [3.8, 4) is 0 Å². The van der Waals surface area contributed by atoms with Crippen LogP contribution in [0.5, 0.6) is 0 Å². The van der Waals surface area contributed by atoms with Gasteiger partial charge in [0, 0.05) is 18.1 Å². The van der Waals surface area contributed by atoms with Crippen LogP contribution in [0.15, 0.2) is 35.6 Å². The molecule has 1 N–H and O–H groups in total. The van der Waals surface area contributed by atoms with E-state index in [4.69, 9.17) is 4.99 Å². The molecule has 0 saturated carbocycles. The minimum Gasteiger partial charge on any atom is -0.351 e. The molecule has 2 heterocycles. The molecule has 0 aliphatic carbocycles. The fourth-order valence-electron chi connectivity index (χ4n) is 3.85. The van der Waals surface area contributed by atoms with Crippen molar-refractivity contribution >= 4 is 11.6 Å². The molecule has 0 fully saturated rings. The van der Waals surface area contributed by atoms with E-state index in [1.54, 1.807) is 0 Å². The van der Waals surface area contributed by atoms with Gasteiger partial charge in [-0.05, 0) is 27.4 Å². The third-order valence-electron chi connectivity index (χ3n) is 5.71. The molecule has 1 atom stereocenters. The quantitative estimate of drug-likeness (QED) is 0.724. The van der Waals surface area contributed by atoms with E-state index < -0.39 is 0 Å². The summed E-state index contributed by atoms with van der Waals surface area (Å²) in [6, 6.07) is 7.15. The number of nitrogens with zero attached hydrogens (tertiary/aromatic N) is 3. The van der Waals surface area contributed by atoms with Gasteiger partial charge in [-0.3, -0.25) is 9.89 Å². The maximum atomic E-state index is 4.79. The van der Waals surface area contributed by atoms with Crippen LogP contribution in [0.1, 0.15) is 73.4 Å². The van der Waals surface area contributed by atoms with Crippen molar-refractivity contribution in [3.05, 3.63) is 41.7 Å². The third-order valence-corrected chi connectivity index (χ3v) is 5.71. The van der Waals surface area contributed by atoms with Crippen LogP contribution in [-0.2, 0) is 10.8 Å². The second kappa shape index (κ2) is 6.82. The Morgan fingerprint density at radius 2 is 1.39 bits per heavy atom. The highest BCUT2D eigenvalue weighted by molar-refractivity contribution is 5.84. The van der Waals surface area contributed by atoms with Crippen LogP contribution < -0.4 is 10.2 Å². The fourth-order valence-corrected chi connectivity index (χ4v) is 3.85. The smallest absolute Gasteiger partial charge is 0.199 e. The molecule has 0 bridgehead atoms. The van der Waals surface area contributed by atoms with E-state index in [1.807, 2.05) is 0 Å². The van der Waals surface area contributed by atoms with E-state index in [-0.39, 0.29) is 16.2 Å². The Labute approximate surface area is 171 Å². The predicted molar refractivity (Wildman–Crippen MR) is 121 cm³/mol. The molecule has 154 valence electrons. The molecule has 2 aliphatic heterocycles. The average Bonchev–Trinajstić information content (AvgIpc) is 3.21. The van der Waals surface area contributed by atoms with Crippen LogP contribution in [0, 0.1) is 5.41 Å². The number of aliphatic imine (C=N–C) groups is 1. The first kappa shape index (κ1) is 20.8. The molecular formula is C24H38N4. The van der Waals surface area contributed by atoms with Gasteiger partial charge in [-0.15, -0.1) is 0 Å². The third kappa shape index (κ3) is 4.06.